The van der Waals surface area contributed by atoms with Crippen LogP contribution in [-0.4, -0.2) is 15.1 Å². The molecule has 0 bridgehead atoms. The number of anilines is 1. The van der Waals surface area contributed by atoms with Crippen molar-refractivity contribution in [3.8, 4) is 0 Å². The highest BCUT2D eigenvalue weighted by molar-refractivity contribution is 5.34. The Morgan fingerprint density at radius 1 is 1.22 bits per heavy atom. The molecule has 1 N–H and O–H groups in total. The molecule has 0 amide bonds. The maximum atomic E-state index is 4.70. The predicted octanol–water partition coefficient (Wildman–Crippen LogP) is 4.05. The van der Waals surface area contributed by atoms with Crippen molar-refractivity contribution in [2.45, 2.75) is 76.8 Å². The van der Waals surface area contributed by atoms with E-state index in [-0.39, 0.29) is 0 Å². The van der Waals surface area contributed by atoms with Gasteiger partial charge in [0, 0.05) is 17.8 Å². The molecule has 0 radical (unpaired) electrons. The molecule has 0 unspecified atom stereocenters. The number of aryl methyl sites for hydroxylation is 1. The number of hydrogen-bond acceptors (Lipinski definition) is 2. The van der Waals surface area contributed by atoms with Crippen molar-refractivity contribution >= 4 is 5.95 Å². The fourth-order valence-corrected chi connectivity index (χ4v) is 3.35. The Labute approximate surface area is 110 Å². The van der Waals surface area contributed by atoms with Crippen LogP contribution in [0.25, 0.3) is 0 Å². The zero-order chi connectivity index (χ0) is 12.6. The number of nitrogens with zero attached hydrogens (tertiary/aromatic N) is 2. The van der Waals surface area contributed by atoms with Crippen molar-refractivity contribution in [3.63, 3.8) is 0 Å². The Bertz CT molecular complexity index is 411. The van der Waals surface area contributed by atoms with E-state index in [9.17, 15) is 0 Å². The van der Waals surface area contributed by atoms with Gasteiger partial charge in [-0.2, -0.15) is 0 Å². The van der Waals surface area contributed by atoms with Gasteiger partial charge in [-0.15, -0.1) is 0 Å². The molecule has 2 fully saturated rings. The lowest BCUT2D eigenvalue weighted by Gasteiger charge is -2.40. The fourth-order valence-electron chi connectivity index (χ4n) is 3.35. The summed E-state index contributed by atoms with van der Waals surface area (Å²) >= 11 is 0. The van der Waals surface area contributed by atoms with E-state index in [0.717, 1.165) is 11.6 Å². The molecule has 2 aliphatic rings. The van der Waals surface area contributed by atoms with E-state index >= 15 is 0 Å². The molecule has 1 aromatic heterocycles. The molecular weight excluding hydrogens is 222 g/mol. The van der Waals surface area contributed by atoms with Crippen LogP contribution in [0.4, 0.5) is 5.95 Å². The number of nitrogens with one attached hydrogen (secondary N) is 1. The van der Waals surface area contributed by atoms with E-state index in [1.807, 2.05) is 0 Å². The first kappa shape index (κ1) is 12.1. The summed E-state index contributed by atoms with van der Waals surface area (Å²) in [4.78, 5) is 4.70. The van der Waals surface area contributed by atoms with E-state index in [1.165, 1.54) is 51.4 Å². The van der Waals surface area contributed by atoms with Crippen molar-refractivity contribution < 1.29 is 0 Å². The molecule has 1 heterocycles. The van der Waals surface area contributed by atoms with Gasteiger partial charge in [0.25, 0.3) is 0 Å². The first-order valence-electron chi connectivity index (χ1n) is 7.50. The summed E-state index contributed by atoms with van der Waals surface area (Å²) in [5, 5.41) is 3.69. The van der Waals surface area contributed by atoms with Gasteiger partial charge in [0.1, 0.15) is 0 Å². The van der Waals surface area contributed by atoms with E-state index < -0.39 is 0 Å². The number of imidazole rings is 1. The van der Waals surface area contributed by atoms with Crippen LogP contribution in [0.3, 0.4) is 0 Å². The Hall–Kier alpha value is -0.990. The van der Waals surface area contributed by atoms with Crippen LogP contribution in [0.5, 0.6) is 0 Å². The maximum absolute atomic E-state index is 4.70. The van der Waals surface area contributed by atoms with Crippen LogP contribution in [0.15, 0.2) is 6.20 Å². The third-order valence-corrected chi connectivity index (χ3v) is 4.69. The van der Waals surface area contributed by atoms with Crippen LogP contribution in [0.2, 0.25) is 0 Å². The molecule has 3 nitrogen and oxygen atoms in total. The van der Waals surface area contributed by atoms with Crippen LogP contribution >= 0.6 is 0 Å². The van der Waals surface area contributed by atoms with Gasteiger partial charge < -0.3 is 9.88 Å². The Balaban J connectivity index is 1.80. The molecule has 18 heavy (non-hydrogen) atoms. The molecule has 2 saturated carbocycles. The molecule has 0 aromatic carbocycles. The zero-order valence-electron chi connectivity index (χ0n) is 11.7. The van der Waals surface area contributed by atoms with Crippen molar-refractivity contribution in [1.82, 2.24) is 9.55 Å². The molecule has 0 saturated heterocycles. The monoisotopic (exact) mass is 247 g/mol. The van der Waals surface area contributed by atoms with Crippen LogP contribution < -0.4 is 5.32 Å². The van der Waals surface area contributed by atoms with Gasteiger partial charge in [-0.05, 0) is 46.0 Å². The summed E-state index contributed by atoms with van der Waals surface area (Å²) in [6.07, 6.45) is 12.9. The van der Waals surface area contributed by atoms with Gasteiger partial charge in [-0.3, -0.25) is 0 Å². The summed E-state index contributed by atoms with van der Waals surface area (Å²) in [6.45, 7) is 4.43. The van der Waals surface area contributed by atoms with E-state index in [2.05, 4.69) is 29.9 Å². The Morgan fingerprint density at radius 2 is 1.94 bits per heavy atom. The van der Waals surface area contributed by atoms with Gasteiger partial charge >= 0.3 is 0 Å². The third-order valence-electron chi connectivity index (χ3n) is 4.69. The van der Waals surface area contributed by atoms with Crippen molar-refractivity contribution in [3.05, 3.63) is 11.9 Å². The quantitative estimate of drug-likeness (QED) is 0.873. The van der Waals surface area contributed by atoms with Gasteiger partial charge in [-0.1, -0.05) is 19.3 Å². The smallest absolute Gasteiger partial charge is 0.203 e. The molecular formula is C15H25N3. The predicted molar refractivity (Wildman–Crippen MR) is 75.0 cm³/mol. The molecule has 1 aromatic rings. The van der Waals surface area contributed by atoms with Gasteiger partial charge in [-0.25, -0.2) is 4.98 Å². The van der Waals surface area contributed by atoms with E-state index in [4.69, 9.17) is 4.98 Å². The standard InChI is InChI=1S/C15H25N3/c1-12-11-18(13-7-4-3-5-8-13)14(16-12)17-15(2)9-6-10-15/h11,13H,3-10H2,1-2H3,(H,16,17). The molecule has 3 heteroatoms. The van der Waals surface area contributed by atoms with E-state index in [1.54, 1.807) is 0 Å². The lowest BCUT2D eigenvalue weighted by atomic mass is 9.79. The highest BCUT2D eigenvalue weighted by Crippen LogP contribution is 2.36. The van der Waals surface area contributed by atoms with Gasteiger partial charge in [0.15, 0.2) is 0 Å². The first-order valence-corrected chi connectivity index (χ1v) is 7.50. The van der Waals surface area contributed by atoms with Crippen LogP contribution in [0, 0.1) is 6.92 Å². The second kappa shape index (κ2) is 4.60. The summed E-state index contributed by atoms with van der Waals surface area (Å²) in [6, 6.07) is 0.672. The Morgan fingerprint density at radius 3 is 2.56 bits per heavy atom. The Kier molecular flexibility index (Phi) is 3.08. The molecule has 2 aliphatic carbocycles. The highest BCUT2D eigenvalue weighted by Gasteiger charge is 2.33. The van der Waals surface area contributed by atoms with Crippen molar-refractivity contribution in [1.29, 1.82) is 0 Å². The lowest BCUT2D eigenvalue weighted by molar-refractivity contribution is 0.298. The normalized spacial score (nSPS) is 23.7. The summed E-state index contributed by atoms with van der Waals surface area (Å²) in [7, 11) is 0. The van der Waals surface area contributed by atoms with Crippen molar-refractivity contribution in [2.75, 3.05) is 5.32 Å². The molecule has 0 atom stereocenters. The second-order valence-electron chi connectivity index (χ2n) is 6.44. The SMILES string of the molecule is Cc1cn(C2CCCCC2)c(NC2(C)CCC2)n1. The van der Waals surface area contributed by atoms with Gasteiger partial charge in [0.2, 0.25) is 5.95 Å². The maximum Gasteiger partial charge on any atom is 0.203 e. The number of hydrogen-bond donors (Lipinski definition) is 1. The fraction of sp³-hybridized carbons (Fsp3) is 0.800. The zero-order valence-corrected chi connectivity index (χ0v) is 11.7. The summed E-state index contributed by atoms with van der Waals surface area (Å²) in [5.41, 5.74) is 1.44. The minimum absolute atomic E-state index is 0.296. The summed E-state index contributed by atoms with van der Waals surface area (Å²) < 4.78 is 2.41. The van der Waals surface area contributed by atoms with Crippen molar-refractivity contribution in [2.24, 2.45) is 0 Å². The highest BCUT2D eigenvalue weighted by atomic mass is 15.2. The van der Waals surface area contributed by atoms with Crippen LogP contribution in [0.1, 0.15) is 70.0 Å². The minimum atomic E-state index is 0.296. The molecule has 100 valence electrons. The minimum Gasteiger partial charge on any atom is -0.350 e. The second-order valence-corrected chi connectivity index (χ2v) is 6.44. The average Bonchev–Trinajstić information content (AvgIpc) is 2.69. The number of aromatic nitrogens is 2. The first-order chi connectivity index (χ1) is 8.66. The third kappa shape index (κ3) is 2.27. The largest absolute Gasteiger partial charge is 0.350 e. The van der Waals surface area contributed by atoms with Gasteiger partial charge in [0.05, 0.1) is 5.69 Å². The van der Waals surface area contributed by atoms with E-state index in [0.29, 0.717) is 11.6 Å². The van der Waals surface area contributed by atoms with Crippen LogP contribution in [-0.2, 0) is 0 Å². The molecule has 0 aliphatic heterocycles. The molecule has 0 spiro atoms. The summed E-state index contributed by atoms with van der Waals surface area (Å²) in [5.74, 6) is 1.11. The average molecular weight is 247 g/mol. The molecule has 3 rings (SSSR count). The topological polar surface area (TPSA) is 29.9 Å². The number of rotatable bonds is 3. The lowest BCUT2D eigenvalue weighted by Crippen LogP contribution is -2.42.